The van der Waals surface area contributed by atoms with Gasteiger partial charge in [0.05, 0.1) is 16.5 Å². The Bertz CT molecular complexity index is 700. The molecule has 2 rings (SSSR count). The minimum Gasteiger partial charge on any atom is -0.350 e. The van der Waals surface area contributed by atoms with E-state index in [0.717, 1.165) is 22.0 Å². The number of para-hydroxylation sites is 1. The van der Waals surface area contributed by atoms with Crippen LogP contribution in [0.5, 0.6) is 0 Å². The van der Waals surface area contributed by atoms with Gasteiger partial charge in [0, 0.05) is 25.2 Å². The number of benzene rings is 1. The fourth-order valence-corrected chi connectivity index (χ4v) is 3.29. The van der Waals surface area contributed by atoms with Crippen molar-refractivity contribution in [2.45, 2.75) is 31.4 Å². The van der Waals surface area contributed by atoms with Crippen molar-refractivity contribution in [1.29, 1.82) is 0 Å². The Balaban J connectivity index is 2.58. The summed E-state index contributed by atoms with van der Waals surface area (Å²) < 4.78 is 26.1. The molecular weight excluding hydrogens is 260 g/mol. The minimum atomic E-state index is -3.09. The van der Waals surface area contributed by atoms with Gasteiger partial charge < -0.3 is 10.3 Å². The van der Waals surface area contributed by atoms with Crippen molar-refractivity contribution >= 4 is 20.7 Å². The first-order valence-corrected chi connectivity index (χ1v) is 8.05. The molecule has 0 atom stereocenters. The molecule has 4 nitrogen and oxygen atoms in total. The van der Waals surface area contributed by atoms with Gasteiger partial charge in [0.2, 0.25) is 0 Å². The monoisotopic (exact) mass is 280 g/mol. The van der Waals surface area contributed by atoms with Gasteiger partial charge in [0.15, 0.2) is 9.84 Å². The number of hydrogen-bond donors (Lipinski definition) is 1. The van der Waals surface area contributed by atoms with E-state index < -0.39 is 9.84 Å². The van der Waals surface area contributed by atoms with E-state index in [-0.39, 0.29) is 11.0 Å². The van der Waals surface area contributed by atoms with Gasteiger partial charge in [0.25, 0.3) is 0 Å². The molecule has 0 saturated heterocycles. The fraction of sp³-hybridized carbons (Fsp3) is 0.429. The summed E-state index contributed by atoms with van der Waals surface area (Å²) in [6.45, 7) is 3.88. The molecule has 0 bridgehead atoms. The van der Waals surface area contributed by atoms with E-state index >= 15 is 0 Å². The zero-order chi connectivity index (χ0) is 14.2. The lowest BCUT2D eigenvalue weighted by Gasteiger charge is -2.07. The number of sulfone groups is 1. The Morgan fingerprint density at radius 2 is 1.95 bits per heavy atom. The smallest absolute Gasteiger partial charge is 0.156 e. The Morgan fingerprint density at radius 1 is 1.26 bits per heavy atom. The zero-order valence-corrected chi connectivity index (χ0v) is 12.4. The highest BCUT2D eigenvalue weighted by Crippen LogP contribution is 2.26. The Labute approximate surface area is 114 Å². The van der Waals surface area contributed by atoms with Crippen LogP contribution in [0.3, 0.4) is 0 Å². The Kier molecular flexibility index (Phi) is 3.69. The molecule has 0 spiro atoms. The van der Waals surface area contributed by atoms with Gasteiger partial charge in [0.1, 0.15) is 0 Å². The molecule has 19 heavy (non-hydrogen) atoms. The maximum Gasteiger partial charge on any atom is 0.156 e. The van der Waals surface area contributed by atoms with Crippen LogP contribution in [0.15, 0.2) is 24.4 Å². The summed E-state index contributed by atoms with van der Waals surface area (Å²) >= 11 is 0. The van der Waals surface area contributed by atoms with Gasteiger partial charge in [-0.25, -0.2) is 8.42 Å². The second kappa shape index (κ2) is 4.98. The quantitative estimate of drug-likeness (QED) is 0.931. The summed E-state index contributed by atoms with van der Waals surface area (Å²) in [5.41, 5.74) is 8.65. The van der Waals surface area contributed by atoms with Gasteiger partial charge in [-0.05, 0) is 25.0 Å². The molecule has 0 saturated carbocycles. The normalized spacial score (nSPS) is 12.5. The Hall–Kier alpha value is -1.33. The predicted molar refractivity (Wildman–Crippen MR) is 78.6 cm³/mol. The lowest BCUT2D eigenvalue weighted by atomic mass is 10.1. The van der Waals surface area contributed by atoms with Gasteiger partial charge in [-0.3, -0.25) is 0 Å². The number of aromatic nitrogens is 1. The molecule has 1 aromatic carbocycles. The van der Waals surface area contributed by atoms with Crippen molar-refractivity contribution in [2.75, 3.05) is 0 Å². The highest BCUT2D eigenvalue weighted by Gasteiger charge is 2.20. The molecule has 1 heterocycles. The van der Waals surface area contributed by atoms with Gasteiger partial charge in [-0.1, -0.05) is 18.2 Å². The largest absolute Gasteiger partial charge is 0.350 e. The van der Waals surface area contributed by atoms with Crippen LogP contribution in [0.4, 0.5) is 0 Å². The molecule has 5 heteroatoms. The van der Waals surface area contributed by atoms with Crippen LogP contribution in [0.2, 0.25) is 0 Å². The van der Waals surface area contributed by atoms with E-state index in [4.69, 9.17) is 5.73 Å². The molecule has 0 aliphatic rings. The SMILES string of the molecule is CC(C)S(=O)(=O)Cc1cn(C)c2c(CN)cccc12. The maximum atomic E-state index is 12.1. The summed E-state index contributed by atoms with van der Waals surface area (Å²) in [6.07, 6.45) is 1.89. The summed E-state index contributed by atoms with van der Waals surface area (Å²) in [5.74, 6) is 0.0794. The molecule has 1 aromatic heterocycles. The number of rotatable bonds is 4. The standard InChI is InChI=1S/C14H20N2O2S/c1-10(2)19(17,18)9-12-8-16(3)14-11(7-15)5-4-6-13(12)14/h4-6,8,10H,7,9,15H2,1-3H3. The maximum absolute atomic E-state index is 12.1. The molecule has 0 aliphatic heterocycles. The molecule has 104 valence electrons. The minimum absolute atomic E-state index is 0.0794. The third-order valence-electron chi connectivity index (χ3n) is 3.46. The molecule has 2 N–H and O–H groups in total. The van der Waals surface area contributed by atoms with Crippen LogP contribution < -0.4 is 5.73 Å². The average molecular weight is 280 g/mol. The summed E-state index contributed by atoms with van der Waals surface area (Å²) in [7, 11) is -1.17. The zero-order valence-electron chi connectivity index (χ0n) is 11.6. The lowest BCUT2D eigenvalue weighted by Crippen LogP contribution is -2.15. The van der Waals surface area contributed by atoms with Crippen molar-refractivity contribution in [2.24, 2.45) is 12.8 Å². The van der Waals surface area contributed by atoms with E-state index in [1.807, 2.05) is 36.0 Å². The summed E-state index contributed by atoms with van der Waals surface area (Å²) in [6, 6.07) is 5.86. The number of aryl methyl sites for hydroxylation is 1. The number of nitrogens with zero attached hydrogens (tertiary/aromatic N) is 1. The van der Waals surface area contributed by atoms with Crippen molar-refractivity contribution in [3.05, 3.63) is 35.5 Å². The van der Waals surface area contributed by atoms with Crippen molar-refractivity contribution in [3.63, 3.8) is 0 Å². The van der Waals surface area contributed by atoms with Gasteiger partial charge in [-0.2, -0.15) is 0 Å². The van der Waals surface area contributed by atoms with Crippen molar-refractivity contribution in [1.82, 2.24) is 4.57 Å². The molecule has 0 unspecified atom stereocenters. The first-order valence-electron chi connectivity index (χ1n) is 6.34. The average Bonchev–Trinajstić information content (AvgIpc) is 2.65. The van der Waals surface area contributed by atoms with Crippen LogP contribution in [0.25, 0.3) is 10.9 Å². The first-order chi connectivity index (χ1) is 8.86. The fourth-order valence-electron chi connectivity index (χ4n) is 2.30. The third kappa shape index (κ3) is 2.53. The molecule has 0 amide bonds. The van der Waals surface area contributed by atoms with Gasteiger partial charge >= 0.3 is 0 Å². The molecule has 0 radical (unpaired) electrons. The van der Waals surface area contributed by atoms with E-state index in [9.17, 15) is 8.42 Å². The van der Waals surface area contributed by atoms with Crippen LogP contribution in [-0.4, -0.2) is 18.2 Å². The molecule has 0 fully saturated rings. The van der Waals surface area contributed by atoms with E-state index in [2.05, 4.69) is 0 Å². The summed E-state index contributed by atoms with van der Waals surface area (Å²) in [5, 5.41) is 0.620. The molecule has 2 aromatic rings. The predicted octanol–water partition coefficient (Wildman–Crippen LogP) is 1.96. The van der Waals surface area contributed by atoms with Crippen LogP contribution >= 0.6 is 0 Å². The highest BCUT2D eigenvalue weighted by atomic mass is 32.2. The van der Waals surface area contributed by atoms with Crippen molar-refractivity contribution in [3.8, 4) is 0 Å². The van der Waals surface area contributed by atoms with Gasteiger partial charge in [-0.15, -0.1) is 0 Å². The van der Waals surface area contributed by atoms with E-state index in [1.54, 1.807) is 13.8 Å². The number of hydrogen-bond acceptors (Lipinski definition) is 3. The van der Waals surface area contributed by atoms with Crippen LogP contribution in [-0.2, 0) is 29.2 Å². The van der Waals surface area contributed by atoms with E-state index in [1.165, 1.54) is 0 Å². The van der Waals surface area contributed by atoms with E-state index in [0.29, 0.717) is 6.54 Å². The molecule has 0 aliphatic carbocycles. The topological polar surface area (TPSA) is 65.1 Å². The molecular formula is C14H20N2O2S. The Morgan fingerprint density at radius 3 is 2.53 bits per heavy atom. The second-order valence-electron chi connectivity index (χ2n) is 5.14. The highest BCUT2D eigenvalue weighted by molar-refractivity contribution is 7.91. The summed E-state index contributed by atoms with van der Waals surface area (Å²) in [4.78, 5) is 0. The lowest BCUT2D eigenvalue weighted by molar-refractivity contribution is 0.586. The van der Waals surface area contributed by atoms with Crippen LogP contribution in [0.1, 0.15) is 25.0 Å². The van der Waals surface area contributed by atoms with Crippen molar-refractivity contribution < 1.29 is 8.42 Å². The second-order valence-corrected chi connectivity index (χ2v) is 7.70. The van der Waals surface area contributed by atoms with Crippen LogP contribution in [0, 0.1) is 0 Å². The number of fused-ring (bicyclic) bond motifs is 1. The third-order valence-corrected chi connectivity index (χ3v) is 5.61. The first kappa shape index (κ1) is 14.1. The number of nitrogens with two attached hydrogens (primary N) is 1.